The normalized spacial score (nSPS) is 17.2. The zero-order valence-corrected chi connectivity index (χ0v) is 14.0. The molecule has 0 spiro atoms. The molecule has 24 heavy (non-hydrogen) atoms. The molecule has 1 aromatic carbocycles. The molecule has 1 atom stereocenters. The van der Waals surface area contributed by atoms with Crippen molar-refractivity contribution in [2.24, 2.45) is 0 Å². The minimum Gasteiger partial charge on any atom is -0.347 e. The summed E-state index contributed by atoms with van der Waals surface area (Å²) in [6.45, 7) is 2.34. The van der Waals surface area contributed by atoms with Crippen LogP contribution >= 0.6 is 11.6 Å². The Morgan fingerprint density at radius 3 is 2.71 bits per heavy atom. The van der Waals surface area contributed by atoms with Crippen molar-refractivity contribution in [3.05, 3.63) is 53.1 Å². The highest BCUT2D eigenvalue weighted by Gasteiger charge is 2.32. The van der Waals surface area contributed by atoms with Crippen LogP contribution in [-0.4, -0.2) is 34.4 Å². The monoisotopic (exact) mass is 344 g/mol. The van der Waals surface area contributed by atoms with Crippen molar-refractivity contribution < 1.29 is 9.59 Å². The second-order valence-electron chi connectivity index (χ2n) is 5.57. The molecular weight excluding hydrogens is 328 g/mol. The number of rotatable bonds is 4. The third-order valence-corrected chi connectivity index (χ3v) is 4.21. The molecule has 0 radical (unpaired) electrons. The molecular formula is C17H17ClN4O2. The Balaban J connectivity index is 1.67. The van der Waals surface area contributed by atoms with Crippen molar-refractivity contribution in [3.63, 3.8) is 0 Å². The van der Waals surface area contributed by atoms with Gasteiger partial charge in [-0.25, -0.2) is 9.97 Å². The van der Waals surface area contributed by atoms with Gasteiger partial charge in [0.2, 0.25) is 5.91 Å². The predicted molar refractivity (Wildman–Crippen MR) is 91.1 cm³/mol. The van der Waals surface area contributed by atoms with Crippen molar-refractivity contribution in [1.29, 1.82) is 0 Å². The van der Waals surface area contributed by atoms with Crippen LogP contribution in [-0.2, 0) is 11.2 Å². The van der Waals surface area contributed by atoms with Gasteiger partial charge in [-0.15, -0.1) is 0 Å². The van der Waals surface area contributed by atoms with Gasteiger partial charge in [-0.3, -0.25) is 9.59 Å². The Hall–Kier alpha value is -2.47. The predicted octanol–water partition coefficient (Wildman–Crippen LogP) is 2.23. The molecule has 2 heterocycles. The van der Waals surface area contributed by atoms with E-state index in [1.807, 2.05) is 19.1 Å². The molecule has 1 saturated heterocycles. The lowest BCUT2D eigenvalue weighted by atomic mass is 10.2. The van der Waals surface area contributed by atoms with E-state index in [4.69, 9.17) is 11.6 Å². The van der Waals surface area contributed by atoms with Gasteiger partial charge in [0, 0.05) is 31.8 Å². The van der Waals surface area contributed by atoms with Gasteiger partial charge in [0.25, 0.3) is 5.91 Å². The molecule has 124 valence electrons. The first-order valence-electron chi connectivity index (χ1n) is 7.75. The number of anilines is 1. The molecule has 0 saturated carbocycles. The van der Waals surface area contributed by atoms with E-state index in [-0.39, 0.29) is 24.3 Å². The number of amides is 2. The standard InChI is InChI=1S/C17H17ClN4O2/c1-2-15-19-8-11(9-20-15)17(24)21-12-7-16(23)22(10-12)14-6-4-3-5-13(14)18/h3-6,8-9,12H,2,7,10H2,1H3,(H,21,24). The molecule has 7 heteroatoms. The van der Waals surface area contributed by atoms with E-state index >= 15 is 0 Å². The summed E-state index contributed by atoms with van der Waals surface area (Å²) in [5.74, 6) is 0.343. The Morgan fingerprint density at radius 1 is 1.33 bits per heavy atom. The van der Waals surface area contributed by atoms with E-state index in [1.165, 1.54) is 12.4 Å². The average molecular weight is 345 g/mol. The number of halogens is 1. The molecule has 1 N–H and O–H groups in total. The summed E-state index contributed by atoms with van der Waals surface area (Å²) in [5.41, 5.74) is 1.05. The summed E-state index contributed by atoms with van der Waals surface area (Å²) in [4.78, 5) is 34.3. The maximum absolute atomic E-state index is 12.3. The molecule has 0 aliphatic carbocycles. The number of para-hydroxylation sites is 1. The minimum absolute atomic E-state index is 0.0639. The van der Waals surface area contributed by atoms with Crippen molar-refractivity contribution >= 4 is 29.1 Å². The molecule has 1 aromatic heterocycles. The number of hydrogen-bond donors (Lipinski definition) is 1. The third-order valence-electron chi connectivity index (χ3n) is 3.89. The van der Waals surface area contributed by atoms with Gasteiger partial charge in [0.05, 0.1) is 22.3 Å². The second-order valence-corrected chi connectivity index (χ2v) is 5.98. The molecule has 2 amide bonds. The SMILES string of the molecule is CCc1ncc(C(=O)NC2CC(=O)N(c3ccccc3Cl)C2)cn1. The fourth-order valence-corrected chi connectivity index (χ4v) is 2.87. The molecule has 3 rings (SSSR count). The van der Waals surface area contributed by atoms with Gasteiger partial charge >= 0.3 is 0 Å². The summed E-state index contributed by atoms with van der Waals surface area (Å²) >= 11 is 6.15. The smallest absolute Gasteiger partial charge is 0.254 e. The fourth-order valence-electron chi connectivity index (χ4n) is 2.63. The van der Waals surface area contributed by atoms with Crippen LogP contribution in [0, 0.1) is 0 Å². The number of nitrogens with one attached hydrogen (secondary N) is 1. The van der Waals surface area contributed by atoms with Crippen molar-refractivity contribution in [2.75, 3.05) is 11.4 Å². The number of benzene rings is 1. The average Bonchev–Trinajstić information content (AvgIpc) is 2.95. The fraction of sp³-hybridized carbons (Fsp3) is 0.294. The van der Waals surface area contributed by atoms with E-state index in [9.17, 15) is 9.59 Å². The lowest BCUT2D eigenvalue weighted by molar-refractivity contribution is -0.117. The molecule has 2 aromatic rings. The third kappa shape index (κ3) is 3.38. The zero-order valence-electron chi connectivity index (χ0n) is 13.2. The van der Waals surface area contributed by atoms with E-state index < -0.39 is 0 Å². The highest BCUT2D eigenvalue weighted by atomic mass is 35.5. The molecule has 6 nitrogen and oxygen atoms in total. The zero-order chi connectivity index (χ0) is 17.1. The summed E-state index contributed by atoms with van der Waals surface area (Å²) in [6.07, 6.45) is 3.96. The van der Waals surface area contributed by atoms with Crippen LogP contribution in [0.25, 0.3) is 0 Å². The maximum Gasteiger partial charge on any atom is 0.254 e. The van der Waals surface area contributed by atoms with Crippen LogP contribution in [0.2, 0.25) is 5.02 Å². The minimum atomic E-state index is -0.281. The van der Waals surface area contributed by atoms with Crippen molar-refractivity contribution in [3.8, 4) is 0 Å². The highest BCUT2D eigenvalue weighted by molar-refractivity contribution is 6.33. The lowest BCUT2D eigenvalue weighted by Crippen LogP contribution is -2.37. The quantitative estimate of drug-likeness (QED) is 0.922. The van der Waals surface area contributed by atoms with E-state index in [0.29, 0.717) is 35.1 Å². The first-order chi connectivity index (χ1) is 11.6. The first kappa shape index (κ1) is 16.4. The summed E-state index contributed by atoms with van der Waals surface area (Å²) < 4.78 is 0. The Morgan fingerprint density at radius 2 is 2.04 bits per heavy atom. The summed E-state index contributed by atoms with van der Waals surface area (Å²) in [5, 5.41) is 3.37. The van der Waals surface area contributed by atoms with E-state index in [2.05, 4.69) is 15.3 Å². The topological polar surface area (TPSA) is 75.2 Å². The molecule has 1 aliphatic heterocycles. The van der Waals surface area contributed by atoms with Crippen molar-refractivity contribution in [1.82, 2.24) is 15.3 Å². The van der Waals surface area contributed by atoms with Crippen LogP contribution in [0.3, 0.4) is 0 Å². The first-order valence-corrected chi connectivity index (χ1v) is 8.13. The van der Waals surface area contributed by atoms with Crippen molar-refractivity contribution in [2.45, 2.75) is 25.8 Å². The Kier molecular flexibility index (Phi) is 4.76. The second kappa shape index (κ2) is 6.97. The van der Waals surface area contributed by atoms with Crippen LogP contribution in [0.1, 0.15) is 29.5 Å². The van der Waals surface area contributed by atoms with Gasteiger partial charge in [0.1, 0.15) is 5.82 Å². The van der Waals surface area contributed by atoms with Crippen LogP contribution < -0.4 is 10.2 Å². The summed E-state index contributed by atoms with van der Waals surface area (Å²) in [6, 6.07) is 6.90. The van der Waals surface area contributed by atoms with Crippen LogP contribution in [0.5, 0.6) is 0 Å². The number of aromatic nitrogens is 2. The van der Waals surface area contributed by atoms with Crippen LogP contribution in [0.4, 0.5) is 5.69 Å². The number of aryl methyl sites for hydroxylation is 1. The van der Waals surface area contributed by atoms with Gasteiger partial charge in [-0.1, -0.05) is 30.7 Å². The van der Waals surface area contributed by atoms with Gasteiger partial charge in [-0.05, 0) is 12.1 Å². The van der Waals surface area contributed by atoms with Gasteiger partial charge in [-0.2, -0.15) is 0 Å². The Labute approximate surface area is 144 Å². The maximum atomic E-state index is 12.3. The number of carbonyl (C=O) groups is 2. The van der Waals surface area contributed by atoms with Crippen LogP contribution in [0.15, 0.2) is 36.7 Å². The molecule has 1 fully saturated rings. The molecule has 1 aliphatic rings. The Bertz CT molecular complexity index is 763. The largest absolute Gasteiger partial charge is 0.347 e. The van der Waals surface area contributed by atoms with Gasteiger partial charge < -0.3 is 10.2 Å². The lowest BCUT2D eigenvalue weighted by Gasteiger charge is -2.18. The molecule has 0 bridgehead atoms. The number of nitrogens with zero attached hydrogens (tertiary/aromatic N) is 3. The number of hydrogen-bond acceptors (Lipinski definition) is 4. The molecule has 1 unspecified atom stereocenters. The number of carbonyl (C=O) groups excluding carboxylic acids is 2. The van der Waals surface area contributed by atoms with Gasteiger partial charge in [0.15, 0.2) is 0 Å². The summed E-state index contributed by atoms with van der Waals surface area (Å²) in [7, 11) is 0. The van der Waals surface area contributed by atoms with E-state index in [1.54, 1.807) is 17.0 Å². The highest BCUT2D eigenvalue weighted by Crippen LogP contribution is 2.29. The van der Waals surface area contributed by atoms with E-state index in [0.717, 1.165) is 0 Å².